The van der Waals surface area contributed by atoms with Crippen LogP contribution in [-0.2, 0) is 30.6 Å². The van der Waals surface area contributed by atoms with Crippen LogP contribution in [0.4, 0.5) is 4.39 Å². The Kier molecular flexibility index (Phi) is 6.84. The molecule has 2 aromatic carbocycles. The van der Waals surface area contributed by atoms with Crippen LogP contribution >= 0.6 is 11.6 Å². The molecule has 5 nitrogen and oxygen atoms in total. The Hall–Kier alpha value is -3.51. The van der Waals surface area contributed by atoms with E-state index < -0.39 is 0 Å². The van der Waals surface area contributed by atoms with Crippen molar-refractivity contribution in [2.45, 2.75) is 32.7 Å². The van der Waals surface area contributed by atoms with Crippen LogP contribution in [0.2, 0.25) is 5.02 Å². The number of rotatable bonds is 8. The molecule has 0 spiro atoms. The van der Waals surface area contributed by atoms with Crippen molar-refractivity contribution in [1.29, 1.82) is 0 Å². The molecule has 1 amide bonds. The molecule has 0 bridgehead atoms. The Balaban J connectivity index is 1.42. The van der Waals surface area contributed by atoms with Crippen molar-refractivity contribution < 1.29 is 14.0 Å². The summed E-state index contributed by atoms with van der Waals surface area (Å²) in [5.74, 6) is -0.517. The molecular formula is C26H23ClFN3O2. The van der Waals surface area contributed by atoms with Gasteiger partial charge in [-0.3, -0.25) is 14.0 Å². The summed E-state index contributed by atoms with van der Waals surface area (Å²) < 4.78 is 14.8. The number of benzene rings is 2. The lowest BCUT2D eigenvalue weighted by atomic mass is 10.0. The number of hydrogen-bond donors (Lipinski definition) is 1. The van der Waals surface area contributed by atoms with E-state index in [1.54, 1.807) is 34.9 Å². The van der Waals surface area contributed by atoms with E-state index in [1.807, 2.05) is 31.2 Å². The number of nitrogens with one attached hydrogen (secondary N) is 1. The lowest BCUT2D eigenvalue weighted by Crippen LogP contribution is -2.25. The second-order valence-corrected chi connectivity index (χ2v) is 8.29. The number of nitrogens with zero attached hydrogens (tertiary/aromatic N) is 2. The monoisotopic (exact) mass is 463 g/mol. The van der Waals surface area contributed by atoms with Crippen LogP contribution in [0.15, 0.2) is 66.9 Å². The van der Waals surface area contributed by atoms with Crippen LogP contribution in [-0.4, -0.2) is 21.1 Å². The van der Waals surface area contributed by atoms with E-state index in [9.17, 15) is 14.0 Å². The number of halogens is 2. The van der Waals surface area contributed by atoms with Crippen LogP contribution in [0.3, 0.4) is 0 Å². The number of aromatic nitrogens is 2. The number of pyridine rings is 1. The van der Waals surface area contributed by atoms with E-state index in [-0.39, 0.29) is 30.3 Å². The minimum absolute atomic E-state index is 0.0398. The van der Waals surface area contributed by atoms with Crippen LogP contribution in [0.25, 0.3) is 5.65 Å². The number of ketones is 1. The minimum atomic E-state index is -0.320. The quantitative estimate of drug-likeness (QED) is 0.401. The van der Waals surface area contributed by atoms with Crippen molar-refractivity contribution in [3.05, 3.63) is 106 Å². The Morgan fingerprint density at radius 2 is 1.73 bits per heavy atom. The number of imidazole rings is 1. The maximum absolute atomic E-state index is 13.0. The number of carbonyl (C=O) groups excluding carboxylic acids is 2. The van der Waals surface area contributed by atoms with Gasteiger partial charge < -0.3 is 5.32 Å². The van der Waals surface area contributed by atoms with Crippen molar-refractivity contribution in [1.82, 2.24) is 14.7 Å². The molecule has 0 atom stereocenters. The fourth-order valence-electron chi connectivity index (χ4n) is 3.79. The molecule has 33 heavy (non-hydrogen) atoms. The van der Waals surface area contributed by atoms with E-state index in [4.69, 9.17) is 11.6 Å². The predicted molar refractivity (Wildman–Crippen MR) is 126 cm³/mol. The van der Waals surface area contributed by atoms with Gasteiger partial charge in [0.05, 0.1) is 10.7 Å². The van der Waals surface area contributed by atoms with Gasteiger partial charge in [-0.15, -0.1) is 0 Å². The minimum Gasteiger partial charge on any atom is -0.347 e. The molecule has 7 heteroatoms. The lowest BCUT2D eigenvalue weighted by Gasteiger charge is -2.09. The summed E-state index contributed by atoms with van der Waals surface area (Å²) in [6.07, 6.45) is 2.82. The van der Waals surface area contributed by atoms with Gasteiger partial charge in [0.1, 0.15) is 22.9 Å². The largest absolute Gasteiger partial charge is 0.347 e. The molecule has 2 heterocycles. The zero-order valence-corrected chi connectivity index (χ0v) is 18.9. The lowest BCUT2D eigenvalue weighted by molar-refractivity contribution is -0.117. The first-order chi connectivity index (χ1) is 15.9. The highest BCUT2D eigenvalue weighted by Crippen LogP contribution is 2.18. The molecule has 1 N–H and O–H groups in total. The van der Waals surface area contributed by atoms with Gasteiger partial charge in [0.25, 0.3) is 5.91 Å². The molecule has 4 rings (SSSR count). The highest BCUT2D eigenvalue weighted by Gasteiger charge is 2.18. The van der Waals surface area contributed by atoms with Crippen molar-refractivity contribution in [2.24, 2.45) is 0 Å². The Labute approximate surface area is 196 Å². The average molecular weight is 464 g/mol. The molecule has 0 aliphatic rings. The van der Waals surface area contributed by atoms with Crippen molar-refractivity contribution in [3.63, 3.8) is 0 Å². The average Bonchev–Trinajstić information content (AvgIpc) is 3.17. The summed E-state index contributed by atoms with van der Waals surface area (Å²) in [5, 5.41) is 3.47. The number of fused-ring (bicyclic) bond motifs is 1. The molecular weight excluding hydrogens is 441 g/mol. The Bertz CT molecular complexity index is 1320. The van der Waals surface area contributed by atoms with Gasteiger partial charge in [0.2, 0.25) is 0 Å². The third-order valence-electron chi connectivity index (χ3n) is 5.36. The van der Waals surface area contributed by atoms with Crippen LogP contribution in [0.5, 0.6) is 0 Å². The fourth-order valence-corrected chi connectivity index (χ4v) is 3.95. The summed E-state index contributed by atoms with van der Waals surface area (Å²) in [4.78, 5) is 29.9. The fraction of sp³-hybridized carbons (Fsp3) is 0.192. The van der Waals surface area contributed by atoms with E-state index in [2.05, 4.69) is 10.3 Å². The first-order valence-electron chi connectivity index (χ1n) is 10.7. The molecule has 0 saturated carbocycles. The molecule has 0 saturated heterocycles. The van der Waals surface area contributed by atoms with Gasteiger partial charge in [0.15, 0.2) is 0 Å². The highest BCUT2D eigenvalue weighted by molar-refractivity contribution is 6.30. The zero-order valence-electron chi connectivity index (χ0n) is 18.1. The molecule has 0 fully saturated rings. The first-order valence-corrected chi connectivity index (χ1v) is 11.1. The molecule has 168 valence electrons. The van der Waals surface area contributed by atoms with Crippen LogP contribution in [0, 0.1) is 5.82 Å². The number of aryl methyl sites for hydroxylation is 1. The van der Waals surface area contributed by atoms with Crippen LogP contribution in [0.1, 0.15) is 39.8 Å². The van der Waals surface area contributed by atoms with E-state index in [0.717, 1.165) is 16.7 Å². The summed E-state index contributed by atoms with van der Waals surface area (Å²) in [6.45, 7) is 2.27. The first kappa shape index (κ1) is 22.7. The van der Waals surface area contributed by atoms with Crippen molar-refractivity contribution in [2.75, 3.05) is 0 Å². The predicted octanol–water partition coefficient (Wildman–Crippen LogP) is 4.97. The highest BCUT2D eigenvalue weighted by atomic mass is 35.5. The molecule has 0 radical (unpaired) electrons. The van der Waals surface area contributed by atoms with Crippen molar-refractivity contribution >= 4 is 28.9 Å². The summed E-state index contributed by atoms with van der Waals surface area (Å²) >= 11 is 6.11. The number of carbonyl (C=O) groups is 2. The summed E-state index contributed by atoms with van der Waals surface area (Å²) in [5.41, 5.74) is 4.38. The van der Waals surface area contributed by atoms with Crippen molar-refractivity contribution in [3.8, 4) is 0 Å². The van der Waals surface area contributed by atoms with Gasteiger partial charge in [-0.05, 0) is 47.4 Å². The van der Waals surface area contributed by atoms with Crippen LogP contribution < -0.4 is 5.32 Å². The van der Waals surface area contributed by atoms with Gasteiger partial charge in [-0.1, -0.05) is 54.9 Å². The van der Waals surface area contributed by atoms with E-state index in [0.29, 0.717) is 35.0 Å². The number of hydrogen-bond acceptors (Lipinski definition) is 3. The maximum atomic E-state index is 13.0. The molecule has 0 unspecified atom stereocenters. The standard InChI is InChI=1S/C26H23ClFN3O2/c1-2-23-25(31-16-20(27)8-11-24(31)30-23)26(33)29-15-19-5-3-4-18(12-19)14-22(32)13-17-6-9-21(28)10-7-17/h3-12,16H,2,13-15H2,1H3,(H,29,33). The molecule has 0 aliphatic carbocycles. The smallest absolute Gasteiger partial charge is 0.270 e. The van der Waals surface area contributed by atoms with Gasteiger partial charge in [-0.25, -0.2) is 9.37 Å². The molecule has 4 aromatic rings. The van der Waals surface area contributed by atoms with E-state index in [1.165, 1.54) is 12.1 Å². The SMILES string of the molecule is CCc1nc2ccc(Cl)cn2c1C(=O)NCc1cccc(CC(=O)Cc2ccc(F)cc2)c1. The Morgan fingerprint density at radius 1 is 1.00 bits per heavy atom. The zero-order chi connectivity index (χ0) is 23.4. The second-order valence-electron chi connectivity index (χ2n) is 7.86. The third-order valence-corrected chi connectivity index (χ3v) is 5.59. The topological polar surface area (TPSA) is 63.5 Å². The van der Waals surface area contributed by atoms with E-state index >= 15 is 0 Å². The summed E-state index contributed by atoms with van der Waals surface area (Å²) in [6, 6.07) is 17.0. The molecule has 2 aromatic heterocycles. The summed E-state index contributed by atoms with van der Waals surface area (Å²) in [7, 11) is 0. The van der Waals surface area contributed by atoms with Gasteiger partial charge in [-0.2, -0.15) is 0 Å². The van der Waals surface area contributed by atoms with Gasteiger partial charge >= 0.3 is 0 Å². The molecule has 0 aliphatic heterocycles. The van der Waals surface area contributed by atoms with Gasteiger partial charge in [0, 0.05) is 25.6 Å². The second kappa shape index (κ2) is 9.96. The normalized spacial score (nSPS) is 11.0. The maximum Gasteiger partial charge on any atom is 0.270 e. The number of Topliss-reactive ketones (excluding diaryl/α,β-unsaturated/α-hetero) is 1. The number of amides is 1. The Morgan fingerprint density at radius 3 is 2.48 bits per heavy atom. The third kappa shape index (κ3) is 5.46.